The minimum Gasteiger partial charge on any atom is -0.376 e. The van der Waals surface area contributed by atoms with Gasteiger partial charge in [-0.1, -0.05) is 6.07 Å². The number of halogens is 1. The number of piperidine rings is 1. The van der Waals surface area contributed by atoms with Gasteiger partial charge in [0.2, 0.25) is 5.91 Å². The fourth-order valence-corrected chi connectivity index (χ4v) is 3.32. The van der Waals surface area contributed by atoms with Crippen LogP contribution in [0.5, 0.6) is 0 Å². The zero-order chi connectivity index (χ0) is 16.4. The molecule has 2 aliphatic rings. The molecule has 0 radical (unpaired) electrons. The van der Waals surface area contributed by atoms with Gasteiger partial charge in [0.15, 0.2) is 0 Å². The highest BCUT2D eigenvalue weighted by atomic mass is 19.1. The Labute approximate surface area is 134 Å². The number of amides is 2. The van der Waals surface area contributed by atoms with Crippen LogP contribution >= 0.6 is 0 Å². The van der Waals surface area contributed by atoms with E-state index in [4.69, 9.17) is 4.74 Å². The number of carbonyl (C=O) groups is 2. The van der Waals surface area contributed by atoms with Crippen molar-refractivity contribution < 1.29 is 18.7 Å². The number of carbonyl (C=O) groups excluding carboxylic acids is 2. The lowest BCUT2D eigenvalue weighted by Gasteiger charge is -2.36. The predicted molar refractivity (Wildman–Crippen MR) is 82.5 cm³/mol. The Kier molecular flexibility index (Phi) is 4.61. The summed E-state index contributed by atoms with van der Waals surface area (Å²) in [5, 5.41) is 5.89. The van der Waals surface area contributed by atoms with E-state index in [0.717, 1.165) is 12.8 Å². The molecule has 2 aliphatic heterocycles. The quantitative estimate of drug-likeness (QED) is 0.890. The van der Waals surface area contributed by atoms with Crippen molar-refractivity contribution in [2.24, 2.45) is 0 Å². The summed E-state index contributed by atoms with van der Waals surface area (Å²) in [6, 6.07) is 4.04. The zero-order valence-electron chi connectivity index (χ0n) is 13.1. The number of ether oxygens (including phenoxy) is 1. The molecule has 6 heteroatoms. The Bertz CT molecular complexity index is 614. The maximum atomic E-state index is 13.6. The van der Waals surface area contributed by atoms with Crippen molar-refractivity contribution in [3.63, 3.8) is 0 Å². The summed E-state index contributed by atoms with van der Waals surface area (Å²) in [4.78, 5) is 24.2. The van der Waals surface area contributed by atoms with E-state index in [0.29, 0.717) is 30.6 Å². The highest BCUT2D eigenvalue weighted by Crippen LogP contribution is 2.23. The SMILES string of the molecule is Cc1c(F)cccc1C(=O)NC1CCC(=O)NC1C1CCCO1. The average Bonchev–Trinajstić information content (AvgIpc) is 3.06. The summed E-state index contributed by atoms with van der Waals surface area (Å²) >= 11 is 0. The molecule has 2 saturated heterocycles. The van der Waals surface area contributed by atoms with E-state index in [2.05, 4.69) is 10.6 Å². The second-order valence-corrected chi connectivity index (χ2v) is 6.18. The van der Waals surface area contributed by atoms with Gasteiger partial charge in [0.05, 0.1) is 18.2 Å². The van der Waals surface area contributed by atoms with E-state index in [1.807, 2.05) is 0 Å². The van der Waals surface area contributed by atoms with E-state index in [1.54, 1.807) is 13.0 Å². The molecule has 2 heterocycles. The number of hydrogen-bond donors (Lipinski definition) is 2. The molecule has 0 spiro atoms. The number of benzene rings is 1. The molecule has 124 valence electrons. The van der Waals surface area contributed by atoms with E-state index in [-0.39, 0.29) is 30.0 Å². The number of hydrogen-bond acceptors (Lipinski definition) is 3. The van der Waals surface area contributed by atoms with E-state index < -0.39 is 5.82 Å². The van der Waals surface area contributed by atoms with Crippen molar-refractivity contribution in [3.05, 3.63) is 35.1 Å². The van der Waals surface area contributed by atoms with Crippen molar-refractivity contribution in [1.29, 1.82) is 0 Å². The zero-order valence-corrected chi connectivity index (χ0v) is 13.1. The van der Waals surface area contributed by atoms with E-state index >= 15 is 0 Å². The van der Waals surface area contributed by atoms with Gasteiger partial charge in [-0.05, 0) is 43.9 Å². The van der Waals surface area contributed by atoms with Crippen LogP contribution in [0.1, 0.15) is 41.6 Å². The topological polar surface area (TPSA) is 67.4 Å². The van der Waals surface area contributed by atoms with E-state index in [1.165, 1.54) is 12.1 Å². The fraction of sp³-hybridized carbons (Fsp3) is 0.529. The monoisotopic (exact) mass is 320 g/mol. The summed E-state index contributed by atoms with van der Waals surface area (Å²) in [5.74, 6) is -0.727. The van der Waals surface area contributed by atoms with Crippen molar-refractivity contribution in [1.82, 2.24) is 10.6 Å². The average molecular weight is 320 g/mol. The second kappa shape index (κ2) is 6.66. The summed E-state index contributed by atoms with van der Waals surface area (Å²) in [6.45, 7) is 2.27. The summed E-state index contributed by atoms with van der Waals surface area (Å²) in [7, 11) is 0. The van der Waals surface area contributed by atoms with Crippen LogP contribution in [0.4, 0.5) is 4.39 Å². The minimum atomic E-state index is -0.398. The highest BCUT2D eigenvalue weighted by Gasteiger charge is 2.37. The highest BCUT2D eigenvalue weighted by molar-refractivity contribution is 5.96. The molecule has 0 aromatic heterocycles. The Morgan fingerprint density at radius 2 is 2.22 bits per heavy atom. The van der Waals surface area contributed by atoms with Gasteiger partial charge in [-0.2, -0.15) is 0 Å². The van der Waals surface area contributed by atoms with Crippen molar-refractivity contribution in [2.45, 2.75) is 50.8 Å². The third kappa shape index (κ3) is 3.37. The van der Waals surface area contributed by atoms with Crippen LogP contribution in [0, 0.1) is 12.7 Å². The lowest BCUT2D eigenvalue weighted by Crippen LogP contribution is -2.60. The maximum Gasteiger partial charge on any atom is 0.251 e. The molecule has 5 nitrogen and oxygen atoms in total. The molecular weight excluding hydrogens is 299 g/mol. The molecule has 3 rings (SSSR count). The lowest BCUT2D eigenvalue weighted by molar-refractivity contribution is -0.125. The first kappa shape index (κ1) is 15.9. The molecule has 23 heavy (non-hydrogen) atoms. The molecule has 3 atom stereocenters. The van der Waals surface area contributed by atoms with Crippen LogP contribution in [-0.2, 0) is 9.53 Å². The van der Waals surface area contributed by atoms with Crippen LogP contribution in [0.3, 0.4) is 0 Å². The summed E-state index contributed by atoms with van der Waals surface area (Å²) in [6.07, 6.45) is 2.70. The first-order valence-electron chi connectivity index (χ1n) is 8.03. The standard InChI is InChI=1S/C17H21FN2O3/c1-10-11(4-2-5-12(10)18)17(22)19-13-7-8-15(21)20-16(13)14-6-3-9-23-14/h2,4-5,13-14,16H,3,6-9H2,1H3,(H,19,22)(H,20,21). The van der Waals surface area contributed by atoms with Gasteiger partial charge in [-0.15, -0.1) is 0 Å². The van der Waals surface area contributed by atoms with Crippen molar-refractivity contribution in [3.8, 4) is 0 Å². The normalized spacial score (nSPS) is 27.6. The molecule has 0 saturated carbocycles. The summed E-state index contributed by atoms with van der Waals surface area (Å²) < 4.78 is 19.3. The van der Waals surface area contributed by atoms with Crippen molar-refractivity contribution in [2.75, 3.05) is 6.61 Å². The molecule has 3 unspecified atom stereocenters. The van der Waals surface area contributed by atoms with Gasteiger partial charge >= 0.3 is 0 Å². The second-order valence-electron chi connectivity index (χ2n) is 6.18. The number of rotatable bonds is 3. The molecule has 1 aromatic carbocycles. The lowest BCUT2D eigenvalue weighted by atomic mass is 9.92. The van der Waals surface area contributed by atoms with Crippen molar-refractivity contribution >= 4 is 11.8 Å². The summed E-state index contributed by atoms with van der Waals surface area (Å²) in [5.41, 5.74) is 0.659. The van der Waals surface area contributed by atoms with Crippen LogP contribution in [0.15, 0.2) is 18.2 Å². The van der Waals surface area contributed by atoms with Gasteiger partial charge in [-0.3, -0.25) is 9.59 Å². The predicted octanol–water partition coefficient (Wildman–Crippen LogP) is 1.69. The smallest absolute Gasteiger partial charge is 0.251 e. The molecule has 2 amide bonds. The van der Waals surface area contributed by atoms with E-state index in [9.17, 15) is 14.0 Å². The largest absolute Gasteiger partial charge is 0.376 e. The van der Waals surface area contributed by atoms with Crippen LogP contribution in [0.25, 0.3) is 0 Å². The first-order chi connectivity index (χ1) is 11.1. The molecule has 1 aromatic rings. The molecule has 2 fully saturated rings. The molecule has 2 N–H and O–H groups in total. The maximum absolute atomic E-state index is 13.6. The Balaban J connectivity index is 1.75. The van der Waals surface area contributed by atoms with Crippen LogP contribution < -0.4 is 10.6 Å². The molecule has 0 aliphatic carbocycles. The van der Waals surface area contributed by atoms with Crippen LogP contribution in [-0.4, -0.2) is 36.6 Å². The number of nitrogens with one attached hydrogen (secondary N) is 2. The van der Waals surface area contributed by atoms with Gasteiger partial charge in [-0.25, -0.2) is 4.39 Å². The van der Waals surface area contributed by atoms with Crippen LogP contribution in [0.2, 0.25) is 0 Å². The third-order valence-electron chi connectivity index (χ3n) is 4.64. The Morgan fingerprint density at radius 1 is 1.39 bits per heavy atom. The van der Waals surface area contributed by atoms with Gasteiger partial charge in [0.1, 0.15) is 5.82 Å². The first-order valence-corrected chi connectivity index (χ1v) is 8.03. The van der Waals surface area contributed by atoms with Gasteiger partial charge in [0, 0.05) is 18.6 Å². The minimum absolute atomic E-state index is 0.0158. The molecular formula is C17H21FN2O3. The van der Waals surface area contributed by atoms with Gasteiger partial charge in [0.25, 0.3) is 5.91 Å². The molecule has 0 bridgehead atoms. The van der Waals surface area contributed by atoms with Gasteiger partial charge < -0.3 is 15.4 Å². The Hall–Kier alpha value is -1.95. The third-order valence-corrected chi connectivity index (χ3v) is 4.64. The Morgan fingerprint density at radius 3 is 2.96 bits per heavy atom. The fourth-order valence-electron chi connectivity index (χ4n) is 3.32.